The molecule has 1 aliphatic rings. The topological polar surface area (TPSA) is 121 Å². The van der Waals surface area contributed by atoms with Crippen LogP contribution in [0.4, 0.5) is 0 Å². The molecule has 6 heteroatoms. The molecule has 126 valence electrons. The molecule has 0 heterocycles. The average molecular weight is 322 g/mol. The maximum Gasteiger partial charge on any atom is 0.124 e. The standard InChI is InChI=1S/C17H22O6/c18-6-10-1-12(16(22)14(3-10)8-20)5-13-2-11(7-19)4-15(9-21)17(13)23/h1,3-4,13,18-23H,2,5-9H2. The van der Waals surface area contributed by atoms with E-state index in [2.05, 4.69) is 0 Å². The van der Waals surface area contributed by atoms with Gasteiger partial charge in [-0.05, 0) is 41.7 Å². The Balaban J connectivity index is 2.35. The Kier molecular flexibility index (Phi) is 5.79. The molecule has 1 unspecified atom stereocenters. The quantitative estimate of drug-likeness (QED) is 0.458. The molecule has 1 aromatic carbocycles. The molecule has 0 saturated heterocycles. The third-order valence-corrected chi connectivity index (χ3v) is 4.12. The Bertz CT molecular complexity index is 632. The second kappa shape index (κ2) is 7.61. The monoisotopic (exact) mass is 322 g/mol. The predicted molar refractivity (Wildman–Crippen MR) is 83.7 cm³/mol. The SMILES string of the molecule is OCC1=CC(CO)=C(O)C(Cc2cc(CO)cc(CO)c2O)C1. The highest BCUT2D eigenvalue weighted by Crippen LogP contribution is 2.34. The van der Waals surface area contributed by atoms with Crippen LogP contribution in [-0.4, -0.2) is 43.9 Å². The normalized spacial score (nSPS) is 18.3. The Morgan fingerprint density at radius 1 is 0.870 bits per heavy atom. The molecule has 0 spiro atoms. The van der Waals surface area contributed by atoms with Crippen molar-refractivity contribution in [3.8, 4) is 5.75 Å². The molecule has 0 amide bonds. The number of aromatic hydroxyl groups is 1. The average Bonchev–Trinajstić information content (AvgIpc) is 2.58. The summed E-state index contributed by atoms with van der Waals surface area (Å²) < 4.78 is 0. The van der Waals surface area contributed by atoms with Crippen LogP contribution >= 0.6 is 0 Å². The molecule has 1 aliphatic carbocycles. The third-order valence-electron chi connectivity index (χ3n) is 4.12. The van der Waals surface area contributed by atoms with Crippen LogP contribution in [0.1, 0.15) is 23.1 Å². The molecule has 0 aliphatic heterocycles. The van der Waals surface area contributed by atoms with Gasteiger partial charge in [0, 0.05) is 17.1 Å². The molecular formula is C17H22O6. The number of allylic oxidation sites excluding steroid dienone is 1. The molecule has 1 aromatic rings. The van der Waals surface area contributed by atoms with Crippen LogP contribution in [0.3, 0.4) is 0 Å². The van der Waals surface area contributed by atoms with Gasteiger partial charge in [-0.2, -0.15) is 0 Å². The number of benzene rings is 1. The summed E-state index contributed by atoms with van der Waals surface area (Å²) in [5, 5.41) is 57.7. The van der Waals surface area contributed by atoms with Crippen molar-refractivity contribution < 1.29 is 30.6 Å². The zero-order valence-corrected chi connectivity index (χ0v) is 12.7. The molecule has 1 atom stereocenters. The van der Waals surface area contributed by atoms with E-state index in [9.17, 15) is 30.6 Å². The number of phenols is 1. The number of rotatable bonds is 6. The number of aliphatic hydroxyl groups excluding tert-OH is 5. The summed E-state index contributed by atoms with van der Waals surface area (Å²) in [7, 11) is 0. The fourth-order valence-electron chi connectivity index (χ4n) is 2.93. The summed E-state index contributed by atoms with van der Waals surface area (Å²) in [6, 6.07) is 3.14. The Morgan fingerprint density at radius 3 is 2.13 bits per heavy atom. The summed E-state index contributed by atoms with van der Waals surface area (Å²) in [4.78, 5) is 0. The van der Waals surface area contributed by atoms with Crippen LogP contribution in [0.25, 0.3) is 0 Å². The van der Waals surface area contributed by atoms with Gasteiger partial charge in [0.05, 0.1) is 26.4 Å². The summed E-state index contributed by atoms with van der Waals surface area (Å²) in [6.45, 7) is -1.09. The van der Waals surface area contributed by atoms with E-state index in [-0.39, 0.29) is 44.4 Å². The Labute approximate surface area is 134 Å². The molecule has 0 saturated carbocycles. The molecule has 6 N–H and O–H groups in total. The van der Waals surface area contributed by atoms with Crippen molar-refractivity contribution in [1.29, 1.82) is 0 Å². The van der Waals surface area contributed by atoms with Gasteiger partial charge in [-0.1, -0.05) is 6.08 Å². The predicted octanol–water partition coefficient (Wildman–Crippen LogP) is 0.662. The first kappa shape index (κ1) is 17.5. The lowest BCUT2D eigenvalue weighted by Gasteiger charge is -2.25. The Hall–Kier alpha value is -1.86. The van der Waals surface area contributed by atoms with E-state index in [1.54, 1.807) is 12.1 Å². The van der Waals surface area contributed by atoms with Gasteiger partial charge >= 0.3 is 0 Å². The van der Waals surface area contributed by atoms with Gasteiger partial charge in [0.15, 0.2) is 0 Å². The van der Waals surface area contributed by atoms with Gasteiger partial charge in [-0.15, -0.1) is 0 Å². The molecule has 0 bridgehead atoms. The molecule has 2 rings (SSSR count). The third kappa shape index (κ3) is 3.73. The lowest BCUT2D eigenvalue weighted by Crippen LogP contribution is -2.18. The fraction of sp³-hybridized carbons (Fsp3) is 0.412. The van der Waals surface area contributed by atoms with Crippen molar-refractivity contribution in [3.05, 3.63) is 51.8 Å². The van der Waals surface area contributed by atoms with Crippen molar-refractivity contribution in [2.24, 2.45) is 5.92 Å². The minimum absolute atomic E-state index is 0.0315. The zero-order chi connectivity index (χ0) is 17.0. The van der Waals surface area contributed by atoms with E-state index >= 15 is 0 Å². The van der Waals surface area contributed by atoms with Crippen LogP contribution in [0.2, 0.25) is 0 Å². The molecule has 0 aromatic heterocycles. The maximum atomic E-state index is 10.3. The van der Waals surface area contributed by atoms with Crippen LogP contribution in [0.5, 0.6) is 5.75 Å². The van der Waals surface area contributed by atoms with E-state index in [0.717, 1.165) is 0 Å². The lowest BCUT2D eigenvalue weighted by molar-refractivity contribution is 0.266. The van der Waals surface area contributed by atoms with Crippen LogP contribution in [-0.2, 0) is 19.6 Å². The maximum absolute atomic E-state index is 10.3. The summed E-state index contributed by atoms with van der Waals surface area (Å²) in [6.07, 6.45) is 2.25. The molecular weight excluding hydrogens is 300 g/mol. The summed E-state index contributed by atoms with van der Waals surface area (Å²) >= 11 is 0. The molecule has 6 nitrogen and oxygen atoms in total. The minimum Gasteiger partial charge on any atom is -0.512 e. The van der Waals surface area contributed by atoms with E-state index < -0.39 is 5.92 Å². The van der Waals surface area contributed by atoms with Crippen LogP contribution in [0.15, 0.2) is 35.1 Å². The van der Waals surface area contributed by atoms with Crippen LogP contribution in [0, 0.1) is 5.92 Å². The highest BCUT2D eigenvalue weighted by Gasteiger charge is 2.25. The molecule has 0 fully saturated rings. The van der Waals surface area contributed by atoms with Crippen molar-refractivity contribution in [2.75, 3.05) is 13.2 Å². The first-order valence-corrected chi connectivity index (χ1v) is 7.42. The van der Waals surface area contributed by atoms with Crippen LogP contribution < -0.4 is 0 Å². The van der Waals surface area contributed by atoms with Gasteiger partial charge in [-0.25, -0.2) is 0 Å². The van der Waals surface area contributed by atoms with E-state index in [4.69, 9.17) is 0 Å². The van der Waals surface area contributed by atoms with E-state index in [1.165, 1.54) is 6.07 Å². The first-order chi connectivity index (χ1) is 11.0. The number of aliphatic hydroxyl groups is 5. The van der Waals surface area contributed by atoms with Crippen molar-refractivity contribution in [1.82, 2.24) is 0 Å². The van der Waals surface area contributed by atoms with Gasteiger partial charge in [0.25, 0.3) is 0 Å². The number of hydrogen-bond acceptors (Lipinski definition) is 6. The van der Waals surface area contributed by atoms with Gasteiger partial charge < -0.3 is 30.6 Å². The number of hydrogen-bond donors (Lipinski definition) is 6. The van der Waals surface area contributed by atoms with E-state index in [1.807, 2.05) is 0 Å². The van der Waals surface area contributed by atoms with Crippen molar-refractivity contribution >= 4 is 0 Å². The Morgan fingerprint density at radius 2 is 1.57 bits per heavy atom. The molecule has 0 radical (unpaired) electrons. The first-order valence-electron chi connectivity index (χ1n) is 7.42. The van der Waals surface area contributed by atoms with Crippen molar-refractivity contribution in [2.45, 2.75) is 26.1 Å². The zero-order valence-electron chi connectivity index (χ0n) is 12.7. The van der Waals surface area contributed by atoms with E-state index in [0.29, 0.717) is 34.3 Å². The van der Waals surface area contributed by atoms with Crippen molar-refractivity contribution in [3.63, 3.8) is 0 Å². The van der Waals surface area contributed by atoms with Gasteiger partial charge in [0.1, 0.15) is 11.5 Å². The smallest absolute Gasteiger partial charge is 0.124 e. The summed E-state index contributed by atoms with van der Waals surface area (Å²) in [5.41, 5.74) is 2.41. The highest BCUT2D eigenvalue weighted by atomic mass is 16.3. The van der Waals surface area contributed by atoms with Gasteiger partial charge in [0.2, 0.25) is 0 Å². The second-order valence-electron chi connectivity index (χ2n) is 5.71. The van der Waals surface area contributed by atoms with Gasteiger partial charge in [-0.3, -0.25) is 0 Å². The summed E-state index contributed by atoms with van der Waals surface area (Å²) in [5.74, 6) is -0.428. The highest BCUT2D eigenvalue weighted by molar-refractivity contribution is 5.45. The fourth-order valence-corrected chi connectivity index (χ4v) is 2.93. The molecule has 23 heavy (non-hydrogen) atoms. The minimum atomic E-state index is -0.393. The largest absolute Gasteiger partial charge is 0.512 e. The lowest BCUT2D eigenvalue weighted by atomic mass is 9.84. The second-order valence-corrected chi connectivity index (χ2v) is 5.71.